The van der Waals surface area contributed by atoms with Crippen LogP contribution in [0.4, 0.5) is 0 Å². The number of imidazole rings is 1. The quantitative estimate of drug-likeness (QED) is 0.826. The number of fused-ring (bicyclic) bond motifs is 1. The van der Waals surface area contributed by atoms with Crippen molar-refractivity contribution in [3.05, 3.63) is 34.7 Å². The third kappa shape index (κ3) is 2.60. The Morgan fingerprint density at radius 2 is 1.90 bits per heavy atom. The molecule has 0 bridgehead atoms. The highest BCUT2D eigenvalue weighted by Crippen LogP contribution is 2.12. The number of carbonyl (C=O) groups excluding carboxylic acids is 1. The van der Waals surface area contributed by atoms with Crippen molar-refractivity contribution in [1.82, 2.24) is 14.5 Å². The summed E-state index contributed by atoms with van der Waals surface area (Å²) >= 11 is 0. The van der Waals surface area contributed by atoms with Crippen LogP contribution in [0.1, 0.15) is 13.8 Å². The zero-order chi connectivity index (χ0) is 14.7. The van der Waals surface area contributed by atoms with Crippen molar-refractivity contribution in [2.45, 2.75) is 33.0 Å². The van der Waals surface area contributed by atoms with Crippen LogP contribution in [-0.4, -0.2) is 32.8 Å². The fraction of sp³-hybridized carbons (Fsp3) is 0.429. The summed E-state index contributed by atoms with van der Waals surface area (Å²) < 4.78 is 3.09. The number of nitrogens with zero attached hydrogens (tertiary/aromatic N) is 2. The second-order valence-corrected chi connectivity index (χ2v) is 4.75. The molecule has 6 nitrogen and oxygen atoms in total. The zero-order valence-electron chi connectivity index (χ0n) is 11.7. The van der Waals surface area contributed by atoms with E-state index in [1.54, 1.807) is 11.5 Å². The lowest BCUT2D eigenvalue weighted by Crippen LogP contribution is -2.39. The smallest absolute Gasteiger partial charge is 0.329 e. The molecular weight excluding hydrogens is 258 g/mol. The number of amides is 1. The van der Waals surface area contributed by atoms with Crippen molar-refractivity contribution in [3.8, 4) is 0 Å². The lowest BCUT2D eigenvalue weighted by atomic mass is 10.3. The van der Waals surface area contributed by atoms with Gasteiger partial charge in [0.05, 0.1) is 17.6 Å². The summed E-state index contributed by atoms with van der Waals surface area (Å²) in [5, 5.41) is 11.6. The van der Waals surface area contributed by atoms with Crippen molar-refractivity contribution in [2.24, 2.45) is 0 Å². The number of aliphatic hydroxyl groups is 1. The number of aliphatic hydroxyl groups excluding tert-OH is 1. The fourth-order valence-corrected chi connectivity index (χ4v) is 2.24. The summed E-state index contributed by atoms with van der Waals surface area (Å²) in [7, 11) is 0. The molecule has 2 rings (SSSR count). The van der Waals surface area contributed by atoms with Gasteiger partial charge in [-0.1, -0.05) is 12.1 Å². The number of para-hydroxylation sites is 2. The average molecular weight is 277 g/mol. The summed E-state index contributed by atoms with van der Waals surface area (Å²) in [6.45, 7) is 3.98. The Morgan fingerprint density at radius 1 is 1.30 bits per heavy atom. The predicted octanol–water partition coefficient (Wildman–Crippen LogP) is 0.320. The molecule has 0 fully saturated rings. The van der Waals surface area contributed by atoms with Gasteiger partial charge < -0.3 is 10.4 Å². The van der Waals surface area contributed by atoms with E-state index in [1.807, 2.05) is 31.2 Å². The molecule has 6 heteroatoms. The van der Waals surface area contributed by atoms with Crippen LogP contribution in [0.3, 0.4) is 0 Å². The summed E-state index contributed by atoms with van der Waals surface area (Å²) in [6.07, 6.45) is 0. The minimum absolute atomic E-state index is 0.0450. The molecule has 0 saturated carbocycles. The Balaban J connectivity index is 2.37. The maximum atomic E-state index is 12.3. The highest BCUT2D eigenvalue weighted by atomic mass is 16.3. The maximum absolute atomic E-state index is 12.3. The number of hydrogen-bond acceptors (Lipinski definition) is 3. The van der Waals surface area contributed by atoms with Crippen LogP contribution < -0.4 is 11.0 Å². The standard InChI is InChI=1S/C14H19N3O3/c1-3-16-11-6-4-5-7-12(11)17(14(16)20)8-13(19)15-10(2)9-18/h4-7,10,18H,3,8-9H2,1-2H3,(H,15,19). The van der Waals surface area contributed by atoms with Crippen LogP contribution in [-0.2, 0) is 17.9 Å². The molecule has 1 heterocycles. The van der Waals surface area contributed by atoms with Gasteiger partial charge in [-0.25, -0.2) is 4.79 Å². The van der Waals surface area contributed by atoms with Crippen LogP contribution in [0, 0.1) is 0 Å². The van der Waals surface area contributed by atoms with Crippen LogP contribution in [0.25, 0.3) is 11.0 Å². The van der Waals surface area contributed by atoms with Gasteiger partial charge in [0.15, 0.2) is 0 Å². The van der Waals surface area contributed by atoms with Gasteiger partial charge in [-0.05, 0) is 26.0 Å². The SMILES string of the molecule is CCn1c(=O)n(CC(=O)NC(C)CO)c2ccccc21. The molecule has 0 saturated heterocycles. The Hall–Kier alpha value is -2.08. The van der Waals surface area contributed by atoms with Gasteiger partial charge >= 0.3 is 5.69 Å². The summed E-state index contributed by atoms with van der Waals surface area (Å²) in [6, 6.07) is 7.08. The second-order valence-electron chi connectivity index (χ2n) is 4.75. The highest BCUT2D eigenvalue weighted by Gasteiger charge is 2.15. The molecular formula is C14H19N3O3. The molecule has 1 amide bonds. The minimum atomic E-state index is -0.322. The molecule has 0 aliphatic rings. The normalized spacial score (nSPS) is 12.6. The van der Waals surface area contributed by atoms with E-state index in [2.05, 4.69) is 5.32 Å². The van der Waals surface area contributed by atoms with Crippen LogP contribution in [0.2, 0.25) is 0 Å². The van der Waals surface area contributed by atoms with Crippen molar-refractivity contribution >= 4 is 16.9 Å². The van der Waals surface area contributed by atoms with Crippen molar-refractivity contribution in [2.75, 3.05) is 6.61 Å². The average Bonchev–Trinajstić information content (AvgIpc) is 2.71. The number of benzene rings is 1. The van der Waals surface area contributed by atoms with E-state index in [0.29, 0.717) is 6.54 Å². The maximum Gasteiger partial charge on any atom is 0.329 e. The van der Waals surface area contributed by atoms with E-state index in [-0.39, 0.29) is 30.8 Å². The van der Waals surface area contributed by atoms with Gasteiger partial charge in [0, 0.05) is 12.6 Å². The van der Waals surface area contributed by atoms with E-state index in [1.165, 1.54) is 4.57 Å². The molecule has 0 aliphatic carbocycles. The first kappa shape index (κ1) is 14.3. The molecule has 0 radical (unpaired) electrons. The topological polar surface area (TPSA) is 76.3 Å². The van der Waals surface area contributed by atoms with E-state index in [0.717, 1.165) is 11.0 Å². The first-order valence-electron chi connectivity index (χ1n) is 6.66. The first-order valence-corrected chi connectivity index (χ1v) is 6.66. The van der Waals surface area contributed by atoms with Gasteiger partial charge in [0.25, 0.3) is 0 Å². The lowest BCUT2D eigenvalue weighted by Gasteiger charge is -2.10. The molecule has 108 valence electrons. The second kappa shape index (κ2) is 5.92. The molecule has 20 heavy (non-hydrogen) atoms. The molecule has 2 N–H and O–H groups in total. The van der Waals surface area contributed by atoms with E-state index in [4.69, 9.17) is 5.11 Å². The van der Waals surface area contributed by atoms with Crippen molar-refractivity contribution in [1.29, 1.82) is 0 Å². The predicted molar refractivity (Wildman–Crippen MR) is 76.6 cm³/mol. The molecule has 1 aromatic carbocycles. The molecule has 1 aromatic heterocycles. The monoisotopic (exact) mass is 277 g/mol. The third-order valence-corrected chi connectivity index (χ3v) is 3.22. The summed E-state index contributed by atoms with van der Waals surface area (Å²) in [5.41, 5.74) is 1.37. The Kier molecular flexibility index (Phi) is 4.24. The van der Waals surface area contributed by atoms with Crippen LogP contribution >= 0.6 is 0 Å². The summed E-state index contributed by atoms with van der Waals surface area (Å²) in [5.74, 6) is -0.285. The van der Waals surface area contributed by atoms with Crippen molar-refractivity contribution in [3.63, 3.8) is 0 Å². The van der Waals surface area contributed by atoms with Gasteiger partial charge in [0.1, 0.15) is 6.54 Å². The van der Waals surface area contributed by atoms with Crippen LogP contribution in [0.15, 0.2) is 29.1 Å². The van der Waals surface area contributed by atoms with Gasteiger partial charge in [-0.3, -0.25) is 13.9 Å². The van der Waals surface area contributed by atoms with E-state index in [9.17, 15) is 9.59 Å². The Morgan fingerprint density at radius 3 is 2.45 bits per heavy atom. The minimum Gasteiger partial charge on any atom is -0.394 e. The number of aromatic nitrogens is 2. The summed E-state index contributed by atoms with van der Waals surface area (Å²) in [4.78, 5) is 24.2. The van der Waals surface area contributed by atoms with Crippen molar-refractivity contribution < 1.29 is 9.90 Å². The molecule has 1 atom stereocenters. The van der Waals surface area contributed by atoms with E-state index < -0.39 is 0 Å². The molecule has 2 aromatic rings. The third-order valence-electron chi connectivity index (χ3n) is 3.22. The number of hydrogen-bond donors (Lipinski definition) is 2. The highest BCUT2D eigenvalue weighted by molar-refractivity contribution is 5.81. The zero-order valence-corrected chi connectivity index (χ0v) is 11.7. The van der Waals surface area contributed by atoms with Gasteiger partial charge in [-0.2, -0.15) is 0 Å². The van der Waals surface area contributed by atoms with Gasteiger partial charge in [0.2, 0.25) is 5.91 Å². The number of aryl methyl sites for hydroxylation is 1. The number of carbonyl (C=O) groups is 1. The molecule has 1 unspecified atom stereocenters. The molecule has 0 aliphatic heterocycles. The fourth-order valence-electron chi connectivity index (χ4n) is 2.24. The Labute approximate surface area is 116 Å². The Bertz CT molecular complexity index is 672. The largest absolute Gasteiger partial charge is 0.394 e. The first-order chi connectivity index (χ1) is 9.58. The number of nitrogens with one attached hydrogen (secondary N) is 1. The van der Waals surface area contributed by atoms with Gasteiger partial charge in [-0.15, -0.1) is 0 Å². The number of rotatable bonds is 5. The van der Waals surface area contributed by atoms with Crippen LogP contribution in [0.5, 0.6) is 0 Å². The lowest BCUT2D eigenvalue weighted by molar-refractivity contribution is -0.122. The van der Waals surface area contributed by atoms with E-state index >= 15 is 0 Å². The molecule has 0 spiro atoms.